The first-order valence-corrected chi connectivity index (χ1v) is 5.42. The average Bonchev–Trinajstić information content (AvgIpc) is 2.37. The summed E-state index contributed by atoms with van der Waals surface area (Å²) in [5.41, 5.74) is 4.92. The van der Waals surface area contributed by atoms with Crippen molar-refractivity contribution in [3.05, 3.63) is 33.9 Å². The minimum absolute atomic E-state index is 0.00169. The van der Waals surface area contributed by atoms with Gasteiger partial charge in [-0.2, -0.15) is 0 Å². The Morgan fingerprint density at radius 3 is 2.79 bits per heavy atom. The minimum atomic E-state index is -2.14. The van der Waals surface area contributed by atoms with Crippen molar-refractivity contribution >= 4 is 11.7 Å². The molecule has 1 aromatic carbocycles. The summed E-state index contributed by atoms with van der Waals surface area (Å²) in [6.07, 6.45) is -2.14. The summed E-state index contributed by atoms with van der Waals surface area (Å²) in [4.78, 5) is 21.0. The summed E-state index contributed by atoms with van der Waals surface area (Å²) in [6.45, 7) is 1.52. The van der Waals surface area contributed by atoms with Crippen LogP contribution in [0.4, 0.5) is 10.1 Å². The highest BCUT2D eigenvalue weighted by Crippen LogP contribution is 2.29. The molecule has 7 nitrogen and oxygen atoms in total. The van der Waals surface area contributed by atoms with Gasteiger partial charge in [0.2, 0.25) is 6.17 Å². The molecule has 0 aliphatic heterocycles. The van der Waals surface area contributed by atoms with Crippen molar-refractivity contribution in [2.24, 2.45) is 5.73 Å². The number of alkyl halides is 1. The van der Waals surface area contributed by atoms with Crippen molar-refractivity contribution in [2.75, 3.05) is 6.61 Å². The van der Waals surface area contributed by atoms with Crippen molar-refractivity contribution in [1.82, 2.24) is 0 Å². The zero-order chi connectivity index (χ0) is 14.6. The third-order valence-corrected chi connectivity index (χ3v) is 2.41. The number of nitro benzene ring substituents is 1. The predicted molar refractivity (Wildman–Crippen MR) is 63.2 cm³/mol. The lowest BCUT2D eigenvalue weighted by molar-refractivity contribution is -0.385. The Balaban J connectivity index is 3.00. The third-order valence-electron chi connectivity index (χ3n) is 2.41. The Morgan fingerprint density at radius 1 is 1.63 bits per heavy atom. The van der Waals surface area contributed by atoms with Crippen LogP contribution >= 0.6 is 0 Å². The molecule has 3 N–H and O–H groups in total. The number of aromatic hydroxyl groups is 1. The molecular weight excluding hydrogens is 259 g/mol. The van der Waals surface area contributed by atoms with E-state index in [1.165, 1.54) is 13.0 Å². The largest absolute Gasteiger partial charge is 0.502 e. The van der Waals surface area contributed by atoms with Gasteiger partial charge in [-0.15, -0.1) is 0 Å². The van der Waals surface area contributed by atoms with Gasteiger partial charge in [0.05, 0.1) is 17.6 Å². The molecule has 0 saturated carbocycles. The van der Waals surface area contributed by atoms with Crippen LogP contribution in [0.2, 0.25) is 0 Å². The van der Waals surface area contributed by atoms with Crippen molar-refractivity contribution in [3.63, 3.8) is 0 Å². The number of carbonyl (C=O) groups excluding carboxylic acids is 1. The number of nitrogens with two attached hydrogens (primary N) is 1. The van der Waals surface area contributed by atoms with Gasteiger partial charge in [0, 0.05) is 6.07 Å². The van der Waals surface area contributed by atoms with Crippen LogP contribution in [0, 0.1) is 10.1 Å². The molecule has 0 radical (unpaired) electrons. The van der Waals surface area contributed by atoms with E-state index in [9.17, 15) is 24.4 Å². The second-order valence-corrected chi connectivity index (χ2v) is 3.68. The molecule has 1 unspecified atom stereocenters. The summed E-state index contributed by atoms with van der Waals surface area (Å²) < 4.78 is 18.1. The maximum absolute atomic E-state index is 13.7. The highest BCUT2D eigenvalue weighted by Gasteiger charge is 2.29. The smallest absolute Gasteiger partial charge is 0.342 e. The summed E-state index contributed by atoms with van der Waals surface area (Å²) in [5.74, 6) is -1.70. The molecule has 1 aromatic rings. The molecule has 0 saturated heterocycles. The van der Waals surface area contributed by atoms with Crippen molar-refractivity contribution in [3.8, 4) is 5.75 Å². The molecule has 0 spiro atoms. The maximum Gasteiger partial charge on any atom is 0.342 e. The van der Waals surface area contributed by atoms with Gasteiger partial charge in [0.15, 0.2) is 5.75 Å². The van der Waals surface area contributed by atoms with E-state index >= 15 is 0 Å². The lowest BCUT2D eigenvalue weighted by Crippen LogP contribution is -2.31. The average molecular weight is 272 g/mol. The maximum atomic E-state index is 13.7. The molecule has 0 aliphatic carbocycles. The Hall–Kier alpha value is -2.22. The van der Waals surface area contributed by atoms with Gasteiger partial charge in [-0.25, -0.2) is 9.18 Å². The van der Waals surface area contributed by atoms with Crippen molar-refractivity contribution in [1.29, 1.82) is 0 Å². The number of nitro groups is 1. The second kappa shape index (κ2) is 6.10. The van der Waals surface area contributed by atoms with Crippen LogP contribution in [0.1, 0.15) is 18.5 Å². The first-order chi connectivity index (χ1) is 8.88. The number of nitrogens with zero attached hydrogens (tertiary/aromatic N) is 1. The van der Waals surface area contributed by atoms with Gasteiger partial charge in [-0.1, -0.05) is 6.07 Å². The molecule has 19 heavy (non-hydrogen) atoms. The van der Waals surface area contributed by atoms with E-state index in [1.807, 2.05) is 0 Å². The van der Waals surface area contributed by atoms with Crippen LogP contribution in [0.25, 0.3) is 0 Å². The van der Waals surface area contributed by atoms with E-state index in [-0.39, 0.29) is 12.2 Å². The van der Waals surface area contributed by atoms with Crippen LogP contribution in [0.15, 0.2) is 18.2 Å². The molecular formula is C11H13FN2O5. The quantitative estimate of drug-likeness (QED) is 0.472. The number of carbonyl (C=O) groups is 1. The fourth-order valence-electron chi connectivity index (χ4n) is 1.43. The van der Waals surface area contributed by atoms with Crippen LogP contribution in [-0.4, -0.2) is 28.8 Å². The molecule has 0 bridgehead atoms. The number of rotatable bonds is 5. The van der Waals surface area contributed by atoms with Gasteiger partial charge in [0.1, 0.15) is 0 Å². The molecule has 0 fully saturated rings. The third kappa shape index (κ3) is 3.38. The second-order valence-electron chi connectivity index (χ2n) is 3.68. The Morgan fingerprint density at radius 2 is 2.26 bits per heavy atom. The summed E-state index contributed by atoms with van der Waals surface area (Å²) in [5, 5.41) is 19.9. The van der Waals surface area contributed by atoms with Crippen molar-refractivity contribution in [2.45, 2.75) is 19.1 Å². The number of hydrogen-bond donors (Lipinski definition) is 2. The van der Waals surface area contributed by atoms with E-state index in [0.717, 1.165) is 12.1 Å². The molecule has 0 aromatic heterocycles. The predicted octanol–water partition coefficient (Wildman–Crippen LogP) is 1.20. The summed E-state index contributed by atoms with van der Waals surface area (Å²) in [6, 6.07) is 1.74. The van der Waals surface area contributed by atoms with Gasteiger partial charge >= 0.3 is 11.7 Å². The molecule has 1 rings (SSSR count). The van der Waals surface area contributed by atoms with Crippen LogP contribution in [0.3, 0.4) is 0 Å². The minimum Gasteiger partial charge on any atom is -0.502 e. The van der Waals surface area contributed by atoms with Gasteiger partial charge in [0.25, 0.3) is 0 Å². The summed E-state index contributed by atoms with van der Waals surface area (Å²) >= 11 is 0. The Labute approximate surface area is 107 Å². The number of hydrogen-bond acceptors (Lipinski definition) is 6. The molecule has 0 aliphatic rings. The fourth-order valence-corrected chi connectivity index (χ4v) is 1.43. The zero-order valence-corrected chi connectivity index (χ0v) is 10.1. The number of phenols is 1. The monoisotopic (exact) mass is 272 g/mol. The number of esters is 1. The normalized spacial score (nSPS) is 13.6. The van der Waals surface area contributed by atoms with E-state index < -0.39 is 34.5 Å². The van der Waals surface area contributed by atoms with Gasteiger partial charge in [-0.05, 0) is 18.6 Å². The van der Waals surface area contributed by atoms with Gasteiger partial charge in [-0.3, -0.25) is 10.1 Å². The van der Waals surface area contributed by atoms with Gasteiger partial charge < -0.3 is 15.6 Å². The van der Waals surface area contributed by atoms with Crippen LogP contribution in [0.5, 0.6) is 5.75 Å². The molecule has 2 atom stereocenters. The van der Waals surface area contributed by atoms with E-state index in [0.29, 0.717) is 0 Å². The summed E-state index contributed by atoms with van der Waals surface area (Å²) in [7, 11) is 0. The lowest BCUT2D eigenvalue weighted by atomic mass is 10.0. The number of ether oxygens (including phenoxy) is 1. The molecule has 0 heterocycles. The molecule has 8 heteroatoms. The van der Waals surface area contributed by atoms with Crippen LogP contribution < -0.4 is 5.73 Å². The number of phenolic OH excluding ortho intramolecular Hbond substituents is 1. The standard InChI is InChI=1S/C11H13FN2O5/c1-2-19-11(16)9(12)10(13)6-3-4-8(15)7(5-6)14(17)18/h3-5,9-10,15H,2,13H2,1H3/t9?,10-/m0/s1. The van der Waals surface area contributed by atoms with E-state index in [1.54, 1.807) is 0 Å². The number of halogens is 1. The van der Waals surface area contributed by atoms with Crippen molar-refractivity contribution < 1.29 is 24.0 Å². The Bertz CT molecular complexity index is 494. The highest BCUT2D eigenvalue weighted by atomic mass is 19.1. The highest BCUT2D eigenvalue weighted by molar-refractivity contribution is 5.75. The fraction of sp³-hybridized carbons (Fsp3) is 0.364. The van der Waals surface area contributed by atoms with Crippen LogP contribution in [-0.2, 0) is 9.53 Å². The van der Waals surface area contributed by atoms with E-state index in [2.05, 4.69) is 4.74 Å². The molecule has 0 amide bonds. The Kier molecular flexibility index (Phi) is 4.76. The first-order valence-electron chi connectivity index (χ1n) is 5.42. The SMILES string of the molecule is CCOC(=O)C(F)[C@@H](N)c1ccc(O)c([N+](=O)[O-])c1. The first kappa shape index (κ1) is 14.8. The lowest BCUT2D eigenvalue weighted by Gasteiger charge is -2.15. The van der Waals surface area contributed by atoms with E-state index in [4.69, 9.17) is 5.73 Å². The topological polar surface area (TPSA) is 116 Å². The zero-order valence-electron chi connectivity index (χ0n) is 10.1. The number of benzene rings is 1. The molecule has 104 valence electrons.